The average molecular weight is 313 g/mol. The van der Waals surface area contributed by atoms with Gasteiger partial charge in [-0.3, -0.25) is 4.90 Å². The van der Waals surface area contributed by atoms with Crippen LogP contribution in [0.15, 0.2) is 28.7 Å². The van der Waals surface area contributed by atoms with E-state index in [0.29, 0.717) is 4.99 Å². The molecule has 1 fully saturated rings. The van der Waals surface area contributed by atoms with E-state index in [4.69, 9.17) is 18.0 Å². The molecule has 2 nitrogen and oxygen atoms in total. The molecule has 17 heavy (non-hydrogen) atoms. The zero-order chi connectivity index (χ0) is 12.3. The Hall–Kier alpha value is -0.450. The van der Waals surface area contributed by atoms with Crippen LogP contribution in [0.2, 0.25) is 0 Å². The maximum atomic E-state index is 5.82. The summed E-state index contributed by atoms with van der Waals surface area (Å²) in [6.07, 6.45) is 3.58. The lowest BCUT2D eigenvalue weighted by Gasteiger charge is -2.35. The second-order valence-corrected chi connectivity index (χ2v) is 5.90. The SMILES string of the molecule is NC(=S)C1CCCCN1Cc1cccc(Br)c1. The normalized spacial score (nSPS) is 21.4. The number of thiocarbonyl (C=S) groups is 1. The quantitative estimate of drug-likeness (QED) is 0.870. The number of nitrogens with zero attached hydrogens (tertiary/aromatic N) is 1. The van der Waals surface area contributed by atoms with E-state index in [0.717, 1.165) is 24.0 Å². The third-order valence-electron chi connectivity index (χ3n) is 3.22. The maximum Gasteiger partial charge on any atom is 0.0902 e. The number of likely N-dealkylation sites (tertiary alicyclic amines) is 1. The fourth-order valence-corrected chi connectivity index (χ4v) is 3.09. The van der Waals surface area contributed by atoms with Gasteiger partial charge in [-0.15, -0.1) is 0 Å². The molecule has 1 aromatic carbocycles. The first-order chi connectivity index (χ1) is 8.16. The van der Waals surface area contributed by atoms with Gasteiger partial charge in [0.2, 0.25) is 0 Å². The van der Waals surface area contributed by atoms with E-state index < -0.39 is 0 Å². The highest BCUT2D eigenvalue weighted by Crippen LogP contribution is 2.21. The van der Waals surface area contributed by atoms with Crippen molar-refractivity contribution in [3.05, 3.63) is 34.3 Å². The predicted octanol–water partition coefficient (Wildman–Crippen LogP) is 3.09. The van der Waals surface area contributed by atoms with E-state index in [1.807, 2.05) is 6.07 Å². The van der Waals surface area contributed by atoms with Gasteiger partial charge < -0.3 is 5.73 Å². The molecule has 0 aliphatic carbocycles. The van der Waals surface area contributed by atoms with Crippen LogP contribution in [0.1, 0.15) is 24.8 Å². The molecule has 1 aliphatic heterocycles. The molecule has 1 aliphatic rings. The number of halogens is 1. The van der Waals surface area contributed by atoms with Crippen molar-refractivity contribution in [3.8, 4) is 0 Å². The van der Waals surface area contributed by atoms with Gasteiger partial charge in [-0.05, 0) is 37.1 Å². The second kappa shape index (κ2) is 5.94. The van der Waals surface area contributed by atoms with E-state index in [1.165, 1.54) is 18.4 Å². The molecule has 1 heterocycles. The van der Waals surface area contributed by atoms with Crippen LogP contribution in [0.4, 0.5) is 0 Å². The van der Waals surface area contributed by atoms with Crippen molar-refractivity contribution in [1.82, 2.24) is 4.90 Å². The van der Waals surface area contributed by atoms with Crippen molar-refractivity contribution in [2.24, 2.45) is 5.73 Å². The summed E-state index contributed by atoms with van der Waals surface area (Å²) in [5.41, 5.74) is 7.13. The molecule has 1 saturated heterocycles. The summed E-state index contributed by atoms with van der Waals surface area (Å²) in [5.74, 6) is 0. The Kier molecular flexibility index (Phi) is 4.54. The van der Waals surface area contributed by atoms with Crippen LogP contribution in [0.3, 0.4) is 0 Å². The van der Waals surface area contributed by atoms with Crippen molar-refractivity contribution in [3.63, 3.8) is 0 Å². The van der Waals surface area contributed by atoms with Gasteiger partial charge in [0.05, 0.1) is 11.0 Å². The van der Waals surface area contributed by atoms with Crippen molar-refractivity contribution in [2.75, 3.05) is 6.54 Å². The smallest absolute Gasteiger partial charge is 0.0902 e. The van der Waals surface area contributed by atoms with E-state index in [1.54, 1.807) is 0 Å². The standard InChI is InChI=1S/C13H17BrN2S/c14-11-5-3-4-10(8-11)9-16-7-2-1-6-12(16)13(15)17/h3-5,8,12H,1-2,6-7,9H2,(H2,15,17). The molecular formula is C13H17BrN2S. The Morgan fingerprint density at radius 1 is 1.47 bits per heavy atom. The maximum absolute atomic E-state index is 5.82. The van der Waals surface area contributed by atoms with Gasteiger partial charge in [-0.25, -0.2) is 0 Å². The lowest BCUT2D eigenvalue weighted by Crippen LogP contribution is -2.46. The molecule has 4 heteroatoms. The fraction of sp³-hybridized carbons (Fsp3) is 0.462. The minimum absolute atomic E-state index is 0.276. The van der Waals surface area contributed by atoms with Gasteiger partial charge in [-0.1, -0.05) is 46.7 Å². The van der Waals surface area contributed by atoms with Crippen molar-refractivity contribution in [1.29, 1.82) is 0 Å². The number of rotatable bonds is 3. The third-order valence-corrected chi connectivity index (χ3v) is 3.98. The Balaban J connectivity index is 2.08. The van der Waals surface area contributed by atoms with Gasteiger partial charge in [0.15, 0.2) is 0 Å². The number of nitrogens with two attached hydrogens (primary N) is 1. The molecule has 2 rings (SSSR count). The summed E-state index contributed by atoms with van der Waals surface area (Å²) in [6, 6.07) is 8.70. The highest BCUT2D eigenvalue weighted by atomic mass is 79.9. The molecule has 0 aromatic heterocycles. The molecule has 0 radical (unpaired) electrons. The molecule has 0 amide bonds. The third kappa shape index (κ3) is 3.50. The van der Waals surface area contributed by atoms with Crippen molar-refractivity contribution >= 4 is 33.1 Å². The van der Waals surface area contributed by atoms with Gasteiger partial charge in [-0.2, -0.15) is 0 Å². The summed E-state index contributed by atoms with van der Waals surface area (Å²) < 4.78 is 1.12. The number of hydrogen-bond donors (Lipinski definition) is 1. The number of hydrogen-bond acceptors (Lipinski definition) is 2. The Bertz CT molecular complexity index is 408. The van der Waals surface area contributed by atoms with Gasteiger partial charge >= 0.3 is 0 Å². The van der Waals surface area contributed by atoms with Gasteiger partial charge in [0, 0.05) is 11.0 Å². The van der Waals surface area contributed by atoms with Gasteiger partial charge in [0.25, 0.3) is 0 Å². The van der Waals surface area contributed by atoms with E-state index in [2.05, 4.69) is 39.0 Å². The van der Waals surface area contributed by atoms with Crippen molar-refractivity contribution < 1.29 is 0 Å². The minimum atomic E-state index is 0.276. The van der Waals surface area contributed by atoms with E-state index in [-0.39, 0.29) is 6.04 Å². The van der Waals surface area contributed by atoms with Crippen LogP contribution in [0.25, 0.3) is 0 Å². The number of piperidine rings is 1. The van der Waals surface area contributed by atoms with Gasteiger partial charge in [0.1, 0.15) is 0 Å². The zero-order valence-corrected chi connectivity index (χ0v) is 12.1. The van der Waals surface area contributed by atoms with Crippen LogP contribution in [0, 0.1) is 0 Å². The molecule has 2 N–H and O–H groups in total. The topological polar surface area (TPSA) is 29.3 Å². The van der Waals surface area contributed by atoms with Crippen LogP contribution < -0.4 is 5.73 Å². The average Bonchev–Trinajstić information content (AvgIpc) is 2.29. The summed E-state index contributed by atoms with van der Waals surface area (Å²) in [6.45, 7) is 2.02. The first-order valence-electron chi connectivity index (χ1n) is 5.94. The van der Waals surface area contributed by atoms with Crippen LogP contribution in [0.5, 0.6) is 0 Å². The van der Waals surface area contributed by atoms with Crippen LogP contribution >= 0.6 is 28.1 Å². The fourth-order valence-electron chi connectivity index (χ4n) is 2.37. The molecule has 0 spiro atoms. The molecule has 1 unspecified atom stereocenters. The van der Waals surface area contributed by atoms with Crippen LogP contribution in [-0.4, -0.2) is 22.5 Å². The molecule has 92 valence electrons. The summed E-state index contributed by atoms with van der Waals surface area (Å²) in [4.78, 5) is 3.04. The predicted molar refractivity (Wildman–Crippen MR) is 79.0 cm³/mol. The second-order valence-electron chi connectivity index (χ2n) is 4.51. The van der Waals surface area contributed by atoms with Crippen molar-refractivity contribution in [2.45, 2.75) is 31.8 Å². The monoisotopic (exact) mass is 312 g/mol. The lowest BCUT2D eigenvalue weighted by molar-refractivity contribution is 0.184. The minimum Gasteiger partial charge on any atom is -0.392 e. The van der Waals surface area contributed by atoms with E-state index in [9.17, 15) is 0 Å². The molecule has 0 bridgehead atoms. The van der Waals surface area contributed by atoms with Crippen LogP contribution in [-0.2, 0) is 6.54 Å². The molecule has 1 aromatic rings. The number of benzene rings is 1. The molecule has 1 atom stereocenters. The Labute approximate surface area is 116 Å². The molecule has 0 saturated carbocycles. The highest BCUT2D eigenvalue weighted by molar-refractivity contribution is 9.10. The first-order valence-corrected chi connectivity index (χ1v) is 7.15. The largest absolute Gasteiger partial charge is 0.392 e. The summed E-state index contributed by atoms with van der Waals surface area (Å²) in [7, 11) is 0. The zero-order valence-electron chi connectivity index (χ0n) is 9.73. The summed E-state index contributed by atoms with van der Waals surface area (Å²) >= 11 is 8.66. The lowest BCUT2D eigenvalue weighted by atomic mass is 10.0. The highest BCUT2D eigenvalue weighted by Gasteiger charge is 2.24. The summed E-state index contributed by atoms with van der Waals surface area (Å²) in [5, 5.41) is 0. The Morgan fingerprint density at radius 3 is 3.00 bits per heavy atom. The molecular weight excluding hydrogens is 296 g/mol. The Morgan fingerprint density at radius 2 is 2.29 bits per heavy atom. The van der Waals surface area contributed by atoms with E-state index >= 15 is 0 Å². The first kappa shape index (κ1) is 13.0.